The maximum Gasteiger partial charge on any atom is 0.100 e. The number of hydrogen-bond acceptors (Lipinski definition) is 2. The van der Waals surface area contributed by atoms with Gasteiger partial charge in [-0.2, -0.15) is 0 Å². The van der Waals surface area contributed by atoms with Gasteiger partial charge in [-0.25, -0.2) is 0 Å². The van der Waals surface area contributed by atoms with Gasteiger partial charge in [-0.05, 0) is 25.8 Å². The van der Waals surface area contributed by atoms with Crippen molar-refractivity contribution in [2.45, 2.75) is 44.0 Å². The van der Waals surface area contributed by atoms with E-state index >= 15 is 0 Å². The Bertz CT molecular complexity index is 341. The second kappa shape index (κ2) is 5.85. The van der Waals surface area contributed by atoms with Crippen LogP contribution in [0.25, 0.3) is 0 Å². The van der Waals surface area contributed by atoms with E-state index in [9.17, 15) is 0 Å². The average molecular weight is 255 g/mol. The van der Waals surface area contributed by atoms with E-state index in [0.29, 0.717) is 6.61 Å². The van der Waals surface area contributed by atoms with Crippen molar-refractivity contribution in [3.63, 3.8) is 0 Å². The molecule has 2 rings (SSSR count). The number of rotatable bonds is 5. The third kappa shape index (κ3) is 3.01. The van der Waals surface area contributed by atoms with Crippen molar-refractivity contribution in [2.75, 3.05) is 6.61 Å². The molecule has 3 heteroatoms. The summed E-state index contributed by atoms with van der Waals surface area (Å²) < 4.78 is 11.6. The topological polar surface area (TPSA) is 18.5 Å². The Kier molecular flexibility index (Phi) is 4.43. The van der Waals surface area contributed by atoms with Crippen LogP contribution in [0.3, 0.4) is 0 Å². The maximum atomic E-state index is 6.11. The van der Waals surface area contributed by atoms with Gasteiger partial charge in [0.25, 0.3) is 0 Å². The average Bonchev–Trinajstić information content (AvgIpc) is 2.36. The van der Waals surface area contributed by atoms with Gasteiger partial charge in [0.05, 0.1) is 17.6 Å². The first-order valence-electron chi connectivity index (χ1n) is 6.18. The van der Waals surface area contributed by atoms with E-state index in [-0.39, 0.29) is 23.7 Å². The fourth-order valence-electron chi connectivity index (χ4n) is 2.13. The lowest BCUT2D eigenvalue weighted by molar-refractivity contribution is -0.143. The number of halogens is 1. The van der Waals surface area contributed by atoms with Gasteiger partial charge in [0, 0.05) is 6.61 Å². The molecule has 0 saturated heterocycles. The minimum atomic E-state index is 0.0489. The molecule has 4 unspecified atom stereocenters. The van der Waals surface area contributed by atoms with Crippen LogP contribution in [0.5, 0.6) is 0 Å². The molecule has 0 heterocycles. The first kappa shape index (κ1) is 12.9. The number of benzene rings is 1. The van der Waals surface area contributed by atoms with Gasteiger partial charge in [0.15, 0.2) is 0 Å². The standard InChI is InChI=1S/C14H19ClO2/c1-3-16-14-12(15)9-13(14)17-10(2)11-7-5-4-6-8-11/h4-8,10,12-14H,3,9H2,1-2H3. The van der Waals surface area contributed by atoms with Crippen LogP contribution in [0, 0.1) is 0 Å². The minimum absolute atomic E-state index is 0.0489. The van der Waals surface area contributed by atoms with Crippen molar-refractivity contribution in [3.05, 3.63) is 35.9 Å². The highest BCUT2D eigenvalue weighted by Crippen LogP contribution is 2.35. The molecule has 0 amide bonds. The number of ether oxygens (including phenoxy) is 2. The predicted molar refractivity (Wildman–Crippen MR) is 69.4 cm³/mol. The summed E-state index contributed by atoms with van der Waals surface area (Å²) in [5, 5.41) is 0.0999. The second-order valence-corrected chi connectivity index (χ2v) is 4.96. The largest absolute Gasteiger partial charge is 0.374 e. The quantitative estimate of drug-likeness (QED) is 0.749. The molecule has 0 radical (unpaired) electrons. The number of hydrogen-bond donors (Lipinski definition) is 0. The molecule has 0 aliphatic heterocycles. The molecule has 0 spiro atoms. The van der Waals surface area contributed by atoms with Crippen molar-refractivity contribution < 1.29 is 9.47 Å². The van der Waals surface area contributed by atoms with Crippen molar-refractivity contribution in [1.29, 1.82) is 0 Å². The Balaban J connectivity index is 1.89. The fraction of sp³-hybridized carbons (Fsp3) is 0.571. The van der Waals surface area contributed by atoms with E-state index < -0.39 is 0 Å². The highest BCUT2D eigenvalue weighted by atomic mass is 35.5. The lowest BCUT2D eigenvalue weighted by Crippen LogP contribution is -2.51. The zero-order valence-electron chi connectivity index (χ0n) is 10.3. The normalized spacial score (nSPS) is 29.7. The SMILES string of the molecule is CCOC1C(Cl)CC1OC(C)c1ccccc1. The molecular weight excluding hydrogens is 236 g/mol. The fourth-order valence-corrected chi connectivity index (χ4v) is 2.54. The molecule has 1 aromatic carbocycles. The lowest BCUT2D eigenvalue weighted by Gasteiger charge is -2.41. The van der Waals surface area contributed by atoms with Crippen LogP contribution < -0.4 is 0 Å². The van der Waals surface area contributed by atoms with E-state index in [1.807, 2.05) is 25.1 Å². The van der Waals surface area contributed by atoms with Gasteiger partial charge >= 0.3 is 0 Å². The molecule has 1 saturated carbocycles. The molecule has 1 fully saturated rings. The third-order valence-electron chi connectivity index (χ3n) is 3.19. The van der Waals surface area contributed by atoms with E-state index in [0.717, 1.165) is 6.42 Å². The maximum absolute atomic E-state index is 6.11. The summed E-state index contributed by atoms with van der Waals surface area (Å²) in [7, 11) is 0. The second-order valence-electron chi connectivity index (χ2n) is 4.40. The van der Waals surface area contributed by atoms with Crippen molar-refractivity contribution in [3.8, 4) is 0 Å². The Hall–Kier alpha value is -0.570. The third-order valence-corrected chi connectivity index (χ3v) is 3.61. The summed E-state index contributed by atoms with van der Waals surface area (Å²) in [5.41, 5.74) is 1.20. The van der Waals surface area contributed by atoms with Gasteiger partial charge in [0.2, 0.25) is 0 Å². The van der Waals surface area contributed by atoms with Gasteiger partial charge in [-0.1, -0.05) is 30.3 Å². The van der Waals surface area contributed by atoms with E-state index in [1.54, 1.807) is 0 Å². The van der Waals surface area contributed by atoms with Gasteiger partial charge in [-0.15, -0.1) is 11.6 Å². The van der Waals surface area contributed by atoms with E-state index in [1.165, 1.54) is 5.56 Å². The van der Waals surface area contributed by atoms with E-state index in [2.05, 4.69) is 19.1 Å². The molecule has 0 aromatic heterocycles. The molecule has 17 heavy (non-hydrogen) atoms. The van der Waals surface area contributed by atoms with Crippen molar-refractivity contribution in [2.24, 2.45) is 0 Å². The van der Waals surface area contributed by atoms with Crippen LogP contribution in [0.15, 0.2) is 30.3 Å². The van der Waals surface area contributed by atoms with Crippen LogP contribution in [0.1, 0.15) is 31.9 Å². The molecule has 0 bridgehead atoms. The predicted octanol–water partition coefficient (Wildman–Crippen LogP) is 3.55. The van der Waals surface area contributed by atoms with Crippen LogP contribution in [0.4, 0.5) is 0 Å². The van der Waals surface area contributed by atoms with Gasteiger partial charge in [0.1, 0.15) is 6.10 Å². The lowest BCUT2D eigenvalue weighted by atomic mass is 9.90. The smallest absolute Gasteiger partial charge is 0.100 e. The monoisotopic (exact) mass is 254 g/mol. The Morgan fingerprint density at radius 1 is 1.35 bits per heavy atom. The van der Waals surface area contributed by atoms with Crippen molar-refractivity contribution >= 4 is 11.6 Å². The first-order valence-corrected chi connectivity index (χ1v) is 6.62. The molecule has 94 valence electrons. The molecule has 1 aromatic rings. The van der Waals surface area contributed by atoms with Crippen LogP contribution in [-0.2, 0) is 9.47 Å². The molecular formula is C14H19ClO2. The van der Waals surface area contributed by atoms with Crippen LogP contribution >= 0.6 is 11.6 Å². The van der Waals surface area contributed by atoms with Crippen molar-refractivity contribution in [1.82, 2.24) is 0 Å². The van der Waals surface area contributed by atoms with Crippen LogP contribution in [0.2, 0.25) is 0 Å². The first-order chi connectivity index (χ1) is 8.22. The Labute approximate surface area is 108 Å². The zero-order valence-corrected chi connectivity index (χ0v) is 11.1. The highest BCUT2D eigenvalue weighted by Gasteiger charge is 2.42. The Morgan fingerprint density at radius 2 is 2.06 bits per heavy atom. The molecule has 2 nitrogen and oxygen atoms in total. The molecule has 4 atom stereocenters. The zero-order chi connectivity index (χ0) is 12.3. The molecule has 1 aliphatic rings. The summed E-state index contributed by atoms with van der Waals surface area (Å²) >= 11 is 6.11. The summed E-state index contributed by atoms with van der Waals surface area (Å²) in [6.45, 7) is 4.74. The summed E-state index contributed by atoms with van der Waals surface area (Å²) in [5.74, 6) is 0. The Morgan fingerprint density at radius 3 is 2.65 bits per heavy atom. The summed E-state index contributed by atoms with van der Waals surface area (Å²) in [6, 6.07) is 10.2. The molecule has 0 N–H and O–H groups in total. The van der Waals surface area contributed by atoms with Gasteiger partial charge < -0.3 is 9.47 Å². The summed E-state index contributed by atoms with van der Waals surface area (Å²) in [4.78, 5) is 0. The molecule has 1 aliphatic carbocycles. The van der Waals surface area contributed by atoms with Crippen LogP contribution in [-0.4, -0.2) is 24.2 Å². The minimum Gasteiger partial charge on any atom is -0.374 e. The van der Waals surface area contributed by atoms with Gasteiger partial charge in [-0.3, -0.25) is 0 Å². The highest BCUT2D eigenvalue weighted by molar-refractivity contribution is 6.21. The van der Waals surface area contributed by atoms with E-state index in [4.69, 9.17) is 21.1 Å². The number of alkyl halides is 1. The summed E-state index contributed by atoms with van der Waals surface area (Å²) in [6.07, 6.45) is 1.15.